The van der Waals surface area contributed by atoms with Crippen LogP contribution >= 0.6 is 0 Å². The second-order valence-corrected chi connectivity index (χ2v) is 4.63. The predicted molar refractivity (Wildman–Crippen MR) is 56.4 cm³/mol. The monoisotopic (exact) mass is 210 g/mol. The molecule has 0 radical (unpaired) electrons. The highest BCUT2D eigenvalue weighted by Gasteiger charge is 2.30. The van der Waals surface area contributed by atoms with E-state index in [-0.39, 0.29) is 17.7 Å². The van der Waals surface area contributed by atoms with Crippen LogP contribution in [0.2, 0.25) is 0 Å². The summed E-state index contributed by atoms with van der Waals surface area (Å²) in [5.74, 6) is 0.344. The van der Waals surface area contributed by atoms with E-state index >= 15 is 0 Å². The molecule has 15 heavy (non-hydrogen) atoms. The summed E-state index contributed by atoms with van der Waals surface area (Å²) in [7, 11) is 1.86. The number of ketones is 1. The minimum absolute atomic E-state index is 0.0186. The SMILES string of the molecule is CN(CC(=O)NC1CC1)C1CCCC1=O. The maximum Gasteiger partial charge on any atom is 0.234 e. The maximum absolute atomic E-state index is 11.5. The van der Waals surface area contributed by atoms with Crippen LogP contribution in [-0.4, -0.2) is 42.3 Å². The van der Waals surface area contributed by atoms with Gasteiger partial charge in [0, 0.05) is 12.5 Å². The van der Waals surface area contributed by atoms with E-state index in [1.54, 1.807) is 0 Å². The van der Waals surface area contributed by atoms with E-state index in [9.17, 15) is 9.59 Å². The summed E-state index contributed by atoms with van der Waals surface area (Å²) in [4.78, 5) is 24.8. The number of Topliss-reactive ketones (excluding diaryl/α,β-unsaturated/α-hetero) is 1. The van der Waals surface area contributed by atoms with Gasteiger partial charge < -0.3 is 5.32 Å². The predicted octanol–water partition coefficient (Wildman–Crippen LogP) is 0.318. The molecular weight excluding hydrogens is 192 g/mol. The van der Waals surface area contributed by atoms with E-state index in [0.29, 0.717) is 19.0 Å². The molecule has 84 valence electrons. The van der Waals surface area contributed by atoms with Crippen molar-refractivity contribution in [2.45, 2.75) is 44.2 Å². The third-order valence-electron chi connectivity index (χ3n) is 3.14. The molecule has 2 aliphatic carbocycles. The topological polar surface area (TPSA) is 49.4 Å². The van der Waals surface area contributed by atoms with Crippen molar-refractivity contribution in [1.82, 2.24) is 10.2 Å². The minimum atomic E-state index is -0.0186. The molecule has 0 aromatic heterocycles. The van der Waals surface area contributed by atoms with E-state index in [4.69, 9.17) is 0 Å². The zero-order valence-corrected chi connectivity index (χ0v) is 9.16. The second kappa shape index (κ2) is 4.31. The first-order valence-corrected chi connectivity index (χ1v) is 5.69. The average molecular weight is 210 g/mol. The fraction of sp³-hybridized carbons (Fsp3) is 0.818. The van der Waals surface area contributed by atoms with Gasteiger partial charge in [0.1, 0.15) is 5.78 Å². The largest absolute Gasteiger partial charge is 0.352 e. The lowest BCUT2D eigenvalue weighted by Crippen LogP contribution is -2.42. The Morgan fingerprint density at radius 1 is 1.47 bits per heavy atom. The van der Waals surface area contributed by atoms with Crippen molar-refractivity contribution >= 4 is 11.7 Å². The molecule has 1 unspecified atom stereocenters. The van der Waals surface area contributed by atoms with Crippen molar-refractivity contribution in [2.75, 3.05) is 13.6 Å². The molecule has 1 atom stereocenters. The number of amides is 1. The summed E-state index contributed by atoms with van der Waals surface area (Å²) in [6.07, 6.45) is 4.78. The van der Waals surface area contributed by atoms with E-state index in [0.717, 1.165) is 25.7 Å². The van der Waals surface area contributed by atoms with Gasteiger partial charge in [-0.25, -0.2) is 0 Å². The van der Waals surface area contributed by atoms with Gasteiger partial charge in [0.05, 0.1) is 12.6 Å². The molecule has 0 aromatic rings. The average Bonchev–Trinajstić information content (AvgIpc) is 2.85. The number of nitrogens with zero attached hydrogens (tertiary/aromatic N) is 1. The molecule has 2 fully saturated rings. The summed E-state index contributed by atoms with van der Waals surface area (Å²) >= 11 is 0. The van der Waals surface area contributed by atoms with Crippen LogP contribution in [0, 0.1) is 0 Å². The third-order valence-corrected chi connectivity index (χ3v) is 3.14. The lowest BCUT2D eigenvalue weighted by molar-refractivity contribution is -0.125. The normalized spacial score (nSPS) is 26.0. The van der Waals surface area contributed by atoms with Gasteiger partial charge in [0.15, 0.2) is 0 Å². The Morgan fingerprint density at radius 3 is 2.73 bits per heavy atom. The highest BCUT2D eigenvalue weighted by molar-refractivity contribution is 5.87. The zero-order chi connectivity index (χ0) is 10.8. The van der Waals surface area contributed by atoms with Crippen molar-refractivity contribution < 1.29 is 9.59 Å². The third kappa shape index (κ3) is 2.78. The summed E-state index contributed by atoms with van der Waals surface area (Å²) < 4.78 is 0. The zero-order valence-electron chi connectivity index (χ0n) is 9.16. The van der Waals surface area contributed by atoms with E-state index in [2.05, 4.69) is 5.32 Å². The van der Waals surface area contributed by atoms with Crippen molar-refractivity contribution in [3.8, 4) is 0 Å². The Labute approximate surface area is 90.0 Å². The van der Waals surface area contributed by atoms with Gasteiger partial charge in [-0.3, -0.25) is 14.5 Å². The standard InChI is InChI=1S/C11H18N2O2/c1-13(9-3-2-4-10(9)14)7-11(15)12-8-5-6-8/h8-9H,2-7H2,1H3,(H,12,15). The molecule has 4 nitrogen and oxygen atoms in total. The first-order chi connectivity index (χ1) is 7.16. The van der Waals surface area contributed by atoms with Crippen LogP contribution in [-0.2, 0) is 9.59 Å². The van der Waals surface area contributed by atoms with E-state index in [1.165, 1.54) is 0 Å². The first kappa shape index (κ1) is 10.6. The van der Waals surface area contributed by atoms with Crippen molar-refractivity contribution in [3.63, 3.8) is 0 Å². The number of nitrogens with one attached hydrogen (secondary N) is 1. The molecule has 2 rings (SSSR count). The van der Waals surface area contributed by atoms with E-state index < -0.39 is 0 Å². The maximum atomic E-state index is 11.5. The summed E-state index contributed by atoms with van der Waals surface area (Å²) in [5.41, 5.74) is 0. The quantitative estimate of drug-likeness (QED) is 0.727. The Balaban J connectivity index is 1.77. The molecule has 0 aliphatic heterocycles. The molecule has 1 N–H and O–H groups in total. The second-order valence-electron chi connectivity index (χ2n) is 4.63. The lowest BCUT2D eigenvalue weighted by Gasteiger charge is -2.21. The van der Waals surface area contributed by atoms with E-state index in [1.807, 2.05) is 11.9 Å². The lowest BCUT2D eigenvalue weighted by atomic mass is 10.2. The molecule has 0 spiro atoms. The fourth-order valence-corrected chi connectivity index (χ4v) is 2.10. The van der Waals surface area contributed by atoms with Gasteiger partial charge in [0.25, 0.3) is 0 Å². The molecule has 4 heteroatoms. The van der Waals surface area contributed by atoms with Gasteiger partial charge >= 0.3 is 0 Å². The highest BCUT2D eigenvalue weighted by Crippen LogP contribution is 2.20. The van der Waals surface area contributed by atoms with Crippen LogP contribution in [0.3, 0.4) is 0 Å². The number of likely N-dealkylation sites (N-methyl/N-ethyl adjacent to an activating group) is 1. The van der Waals surface area contributed by atoms with Crippen molar-refractivity contribution in [1.29, 1.82) is 0 Å². The number of carbonyl (C=O) groups is 2. The van der Waals surface area contributed by atoms with Crippen LogP contribution in [0.5, 0.6) is 0 Å². The van der Waals surface area contributed by atoms with Crippen LogP contribution in [0.4, 0.5) is 0 Å². The molecule has 2 saturated carbocycles. The van der Waals surface area contributed by atoms with Gasteiger partial charge in [-0.05, 0) is 32.7 Å². The summed E-state index contributed by atoms with van der Waals surface area (Å²) in [5, 5.41) is 2.93. The molecule has 0 aromatic carbocycles. The van der Waals surface area contributed by atoms with Gasteiger partial charge in [0.2, 0.25) is 5.91 Å². The smallest absolute Gasteiger partial charge is 0.234 e. The molecule has 1 amide bonds. The Hall–Kier alpha value is -0.900. The van der Waals surface area contributed by atoms with Crippen molar-refractivity contribution in [3.05, 3.63) is 0 Å². The van der Waals surface area contributed by atoms with Gasteiger partial charge in [-0.15, -0.1) is 0 Å². The Morgan fingerprint density at radius 2 is 2.20 bits per heavy atom. The number of hydrogen-bond donors (Lipinski definition) is 1. The summed E-state index contributed by atoms with van der Waals surface area (Å²) in [6.45, 7) is 0.354. The van der Waals surface area contributed by atoms with Gasteiger partial charge in [-0.1, -0.05) is 0 Å². The highest BCUT2D eigenvalue weighted by atomic mass is 16.2. The minimum Gasteiger partial charge on any atom is -0.352 e. The number of rotatable bonds is 4. The molecule has 0 bridgehead atoms. The number of carbonyl (C=O) groups excluding carboxylic acids is 2. The molecule has 0 heterocycles. The van der Waals surface area contributed by atoms with Crippen LogP contribution in [0.25, 0.3) is 0 Å². The fourth-order valence-electron chi connectivity index (χ4n) is 2.10. The summed E-state index contributed by atoms with van der Waals surface area (Å²) in [6, 6.07) is 0.389. The Kier molecular flexibility index (Phi) is 3.05. The van der Waals surface area contributed by atoms with Crippen LogP contribution in [0.1, 0.15) is 32.1 Å². The van der Waals surface area contributed by atoms with Crippen LogP contribution < -0.4 is 5.32 Å². The molecule has 0 saturated heterocycles. The first-order valence-electron chi connectivity index (χ1n) is 5.69. The molecular formula is C11H18N2O2. The van der Waals surface area contributed by atoms with Gasteiger partial charge in [-0.2, -0.15) is 0 Å². The molecule has 2 aliphatic rings. The van der Waals surface area contributed by atoms with Crippen LogP contribution in [0.15, 0.2) is 0 Å². The Bertz CT molecular complexity index is 274. The number of hydrogen-bond acceptors (Lipinski definition) is 3. The van der Waals surface area contributed by atoms with Crippen molar-refractivity contribution in [2.24, 2.45) is 0 Å².